The highest BCUT2D eigenvalue weighted by Crippen LogP contribution is 2.57. The molecule has 2 aliphatic carbocycles. The molecule has 2 bridgehead atoms. The summed E-state index contributed by atoms with van der Waals surface area (Å²) < 4.78 is 2.91. The molecule has 15 aromatic rings. The Balaban J connectivity index is 0.000000102. The van der Waals surface area contributed by atoms with Crippen LogP contribution >= 0.6 is 10.5 Å². The minimum Gasteiger partial charge on any atom is -0.289 e. The van der Waals surface area contributed by atoms with Crippen LogP contribution in [0, 0.1) is 51.4 Å². The summed E-state index contributed by atoms with van der Waals surface area (Å²) in [6.45, 7) is 11.2. The second-order valence-electron chi connectivity index (χ2n) is 35.2. The zero-order chi connectivity index (χ0) is 84.0. The summed E-state index contributed by atoms with van der Waals surface area (Å²) in [6.07, 6.45) is 21.2. The average molecular weight is 1750 g/mol. The molecule has 6 unspecified atom stereocenters. The first-order chi connectivity index (χ1) is 60.5. The van der Waals surface area contributed by atoms with Gasteiger partial charge in [-0.3, -0.25) is 9.59 Å². The maximum Gasteiger partial charge on any atom is 0.211 e. The highest BCUT2D eigenvalue weighted by atomic mass is 32.2. The summed E-state index contributed by atoms with van der Waals surface area (Å²) in [5.74, 6) is 21.7. The van der Waals surface area contributed by atoms with Crippen molar-refractivity contribution in [3.05, 3.63) is 331 Å². The van der Waals surface area contributed by atoms with Gasteiger partial charge in [-0.2, -0.15) is 0 Å². The number of benzene rings is 14. The first-order valence-corrected chi connectivity index (χ1v) is 56.8. The molecule has 0 radical (unpaired) electrons. The fourth-order valence-corrected chi connectivity index (χ4v) is 38.9. The van der Waals surface area contributed by atoms with Crippen molar-refractivity contribution in [1.82, 2.24) is 0 Å². The summed E-state index contributed by atoms with van der Waals surface area (Å²) in [6, 6.07) is 107. The van der Waals surface area contributed by atoms with E-state index in [2.05, 4.69) is 277 Å². The number of carbonyl (C=O) groups is 2. The van der Waals surface area contributed by atoms with E-state index in [0.717, 1.165) is 56.9 Å². The molecule has 9 heteroatoms. The maximum atomic E-state index is 12.3. The Morgan fingerprint density at radius 3 is 1.13 bits per heavy atom. The Morgan fingerprint density at radius 1 is 0.309 bits per heavy atom. The van der Waals surface area contributed by atoms with Crippen LogP contribution in [0.15, 0.2) is 317 Å². The van der Waals surface area contributed by atoms with Crippen molar-refractivity contribution < 1.29 is 9.59 Å². The van der Waals surface area contributed by atoms with E-state index in [1.165, 1.54) is 249 Å². The van der Waals surface area contributed by atoms with Crippen LogP contribution in [-0.4, -0.2) is 91.6 Å². The lowest BCUT2D eigenvalue weighted by Gasteiger charge is -2.19. The minimum atomic E-state index is 0.0594. The maximum absolute atomic E-state index is 12.3. The van der Waals surface area contributed by atoms with Crippen molar-refractivity contribution in [3.63, 3.8) is 0 Å². The molecule has 123 heavy (non-hydrogen) atoms. The van der Waals surface area contributed by atoms with Crippen molar-refractivity contribution in [2.45, 2.75) is 156 Å². The quantitative estimate of drug-likeness (QED) is 0.0852. The van der Waals surface area contributed by atoms with Crippen molar-refractivity contribution in [3.8, 4) is 4.90 Å². The van der Waals surface area contributed by atoms with Gasteiger partial charge >= 0.3 is 0 Å². The van der Waals surface area contributed by atoms with Crippen LogP contribution in [-0.2, 0) is 65.4 Å². The molecule has 6 aliphatic heterocycles. The molecule has 0 N–H and O–H groups in total. The number of aryl methyl sites for hydroxylation is 4. The molecule has 0 spiro atoms. The molecule has 0 amide bonds. The number of carbonyl (C=O) groups excluding carboxylic acids is 2. The normalized spacial score (nSPS) is 20.4. The molecular formula is C114H125O2S7+7. The number of Topliss-reactive ketones (excluding diaryl/α,β-unsaturated/α-hetero) is 2. The van der Waals surface area contributed by atoms with Gasteiger partial charge in [-0.1, -0.05) is 220 Å². The van der Waals surface area contributed by atoms with Gasteiger partial charge in [0.25, 0.3) is 0 Å². The third-order valence-electron chi connectivity index (χ3n) is 27.2. The molecule has 6 saturated heterocycles. The fourth-order valence-electron chi connectivity index (χ4n) is 20.8. The molecule has 1 aromatic heterocycles. The highest BCUT2D eigenvalue weighted by molar-refractivity contribution is 7.99. The summed E-state index contributed by atoms with van der Waals surface area (Å²) >= 11 is 0. The third kappa shape index (κ3) is 20.5. The van der Waals surface area contributed by atoms with E-state index in [1.807, 2.05) is 54.6 Å². The predicted octanol–water partition coefficient (Wildman–Crippen LogP) is 29.2. The second-order valence-corrected chi connectivity index (χ2v) is 50.8. The number of fused-ring (bicyclic) bond motifs is 13. The van der Waals surface area contributed by atoms with Gasteiger partial charge in [0, 0.05) is 109 Å². The third-order valence-corrected chi connectivity index (χ3v) is 44.9. The summed E-state index contributed by atoms with van der Waals surface area (Å²) in [4.78, 5) is 32.0. The Morgan fingerprint density at radius 2 is 0.675 bits per heavy atom. The lowest BCUT2D eigenvalue weighted by atomic mass is 9.82. The van der Waals surface area contributed by atoms with Gasteiger partial charge in [-0.15, -0.1) is 0 Å². The number of rotatable bonds is 13. The fraction of sp³-hybridized carbons (Fsp3) is 0.333. The Kier molecular flexibility index (Phi) is 29.8. The topological polar surface area (TPSA) is 34.1 Å². The predicted molar refractivity (Wildman–Crippen MR) is 552 cm³/mol. The van der Waals surface area contributed by atoms with E-state index in [9.17, 15) is 9.59 Å². The van der Waals surface area contributed by atoms with Crippen molar-refractivity contribution in [2.24, 2.45) is 23.7 Å². The molecule has 8 fully saturated rings. The molecule has 2 saturated carbocycles. The van der Waals surface area contributed by atoms with Crippen LogP contribution in [0.5, 0.6) is 0 Å². The van der Waals surface area contributed by atoms with Crippen LogP contribution < -0.4 is 0 Å². The molecule has 628 valence electrons. The van der Waals surface area contributed by atoms with Crippen LogP contribution in [0.1, 0.15) is 146 Å². The Bertz CT molecular complexity index is 5920. The highest BCUT2D eigenvalue weighted by Gasteiger charge is 2.57. The van der Waals surface area contributed by atoms with E-state index in [1.54, 1.807) is 26.0 Å². The second kappa shape index (κ2) is 42.1. The number of hydrogen-bond acceptors (Lipinski definition) is 2. The lowest BCUT2D eigenvalue weighted by Crippen LogP contribution is -2.19. The molecular weight excluding hydrogens is 1630 g/mol. The van der Waals surface area contributed by atoms with E-state index in [0.29, 0.717) is 76.9 Å². The molecule has 8 aliphatic rings. The Labute approximate surface area is 754 Å². The van der Waals surface area contributed by atoms with E-state index in [4.69, 9.17) is 0 Å². The molecule has 14 aromatic carbocycles. The van der Waals surface area contributed by atoms with Gasteiger partial charge in [-0.05, 0) is 297 Å². The number of ketones is 2. The first-order valence-electron chi connectivity index (χ1n) is 46.0. The van der Waals surface area contributed by atoms with Gasteiger partial charge in [0.1, 0.15) is 68.5 Å². The average Bonchev–Trinajstić information content (AvgIpc) is 1.62. The van der Waals surface area contributed by atoms with E-state index in [-0.39, 0.29) is 10.5 Å². The summed E-state index contributed by atoms with van der Waals surface area (Å²) in [5.41, 5.74) is 7.41. The van der Waals surface area contributed by atoms with Crippen LogP contribution in [0.25, 0.3) is 78.9 Å². The van der Waals surface area contributed by atoms with E-state index < -0.39 is 0 Å². The molecule has 7 heterocycles. The van der Waals surface area contributed by atoms with Gasteiger partial charge < -0.3 is 0 Å². The van der Waals surface area contributed by atoms with Gasteiger partial charge in [0.05, 0.1) is 0 Å². The van der Waals surface area contributed by atoms with Crippen LogP contribution in [0.2, 0.25) is 0 Å². The lowest BCUT2D eigenvalue weighted by molar-refractivity contribution is 0.101. The van der Waals surface area contributed by atoms with E-state index >= 15 is 0 Å². The molecule has 6 atom stereocenters. The van der Waals surface area contributed by atoms with Gasteiger partial charge in [0.2, 0.25) is 11.6 Å². The Hall–Kier alpha value is -7.96. The monoisotopic (exact) mass is 1750 g/mol. The van der Waals surface area contributed by atoms with Crippen molar-refractivity contribution in [1.29, 1.82) is 0 Å². The smallest absolute Gasteiger partial charge is 0.211 e. The number of thiophene rings is 1. The molecule has 23 rings (SSSR count). The zero-order valence-electron chi connectivity index (χ0n) is 73.2. The molecule has 2 nitrogen and oxygen atoms in total. The zero-order valence-corrected chi connectivity index (χ0v) is 78.9. The first kappa shape index (κ1) is 87.1. The minimum absolute atomic E-state index is 0.0594. The number of hydrogen-bond donors (Lipinski definition) is 0. The summed E-state index contributed by atoms with van der Waals surface area (Å²) in [5, 5.41) is 17.9. The van der Waals surface area contributed by atoms with Crippen molar-refractivity contribution in [2.75, 3.05) is 74.8 Å². The largest absolute Gasteiger partial charge is 0.289 e. The van der Waals surface area contributed by atoms with Gasteiger partial charge in [-0.25, -0.2) is 0 Å². The SMILES string of the molecule is CCCC1CCC[S+]1c1ccc(C)c2ccccc12.Cc1ccc([S+]2CC3C4CCC(C4)C3C2)c2ccccc12.Cc1ccc([S+]2CCCC2)c2ccccc12.Cc1ccc([S+]2CCCC2)c2ccccc12.O=C(C[S+]1CCCC1)c1ccc2ccccc2c1.O=C(C[S+]1CCCC1)c1ccccc1.c1ccc(-[s+]2c3ccccc3c3ccccc32)cc1. The standard InChI is InChI=1S/C20H23S.C18H13S.C18H23S.C16H17OS.2C15H17S.C12H15OS/c1-13-6-9-20(17-5-3-2-4-16(13)17)21-11-18-14-7-8-15(10-14)19(18)12-21;1-2-8-14(9-3-1)19-17-12-6-4-10-15(17)16-11-5-7-13-18(16)19;1-3-7-15-8-6-13-19(15)18-12-11-14(2)16-9-4-5-10-17(16)18;17-16(12-18-9-3-4-10-18)15-8-7-13-5-1-2-6-14(13)11-15;2*1-12-8-9-15(16-10-4-5-11-16)14-7-3-2-6-13(12)14;13-12(10-14-8-4-5-9-14)11-6-2-1-3-7-11/h2-6,9,14-15,18-19H,7-8,10-12H2,1H3;1-13H;4-5,9-12,15H,3,6-8,13H2,1-2H3;1-2,5-8,11H,3-4,9-10,12H2;2*2-3,6-9H,4-5,10-11H2,1H3;1-3,6-7H,4-5,8-10H2/q7*+1. The van der Waals surface area contributed by atoms with Crippen LogP contribution in [0.4, 0.5) is 0 Å². The van der Waals surface area contributed by atoms with Gasteiger partial charge in [0.15, 0.2) is 45.4 Å². The van der Waals surface area contributed by atoms with Crippen LogP contribution in [0.3, 0.4) is 0 Å². The summed E-state index contributed by atoms with van der Waals surface area (Å²) in [7, 11) is 2.87. The van der Waals surface area contributed by atoms with Crippen molar-refractivity contribution >= 4 is 161 Å².